The van der Waals surface area contributed by atoms with Crippen LogP contribution >= 0.6 is 0 Å². The Bertz CT molecular complexity index is 1130. The van der Waals surface area contributed by atoms with Gasteiger partial charge in [-0.2, -0.15) is 0 Å². The first-order valence-electron chi connectivity index (χ1n) is 11.4. The topological polar surface area (TPSA) is 63.7 Å². The number of anilines is 1. The highest BCUT2D eigenvalue weighted by Gasteiger charge is 2.67. The molecule has 5 aliphatic rings. The van der Waals surface area contributed by atoms with Crippen molar-refractivity contribution >= 4 is 23.3 Å². The van der Waals surface area contributed by atoms with Gasteiger partial charge in [0, 0.05) is 5.56 Å². The van der Waals surface area contributed by atoms with Crippen molar-refractivity contribution in [2.24, 2.45) is 35.5 Å². The third-order valence-electron chi connectivity index (χ3n) is 7.78. The van der Waals surface area contributed by atoms with Gasteiger partial charge in [0.2, 0.25) is 17.6 Å². The van der Waals surface area contributed by atoms with E-state index in [0.717, 1.165) is 12.0 Å². The molecule has 2 saturated carbocycles. The van der Waals surface area contributed by atoms with Gasteiger partial charge < -0.3 is 4.74 Å². The predicted molar refractivity (Wildman–Crippen MR) is 119 cm³/mol. The van der Waals surface area contributed by atoms with Crippen molar-refractivity contribution in [3.05, 3.63) is 71.8 Å². The molecule has 7 rings (SSSR count). The first-order valence-corrected chi connectivity index (χ1v) is 11.4. The van der Waals surface area contributed by atoms with Gasteiger partial charge in [-0.1, -0.05) is 54.1 Å². The van der Waals surface area contributed by atoms with E-state index in [-0.39, 0.29) is 41.3 Å². The van der Waals surface area contributed by atoms with Crippen molar-refractivity contribution in [1.82, 2.24) is 0 Å². The third-order valence-corrected chi connectivity index (χ3v) is 7.78. The van der Waals surface area contributed by atoms with Crippen molar-refractivity contribution in [3.63, 3.8) is 0 Å². The van der Waals surface area contributed by atoms with Gasteiger partial charge in [-0.05, 0) is 56.1 Å². The number of imide groups is 1. The molecule has 2 bridgehead atoms. The molecule has 5 heteroatoms. The van der Waals surface area contributed by atoms with Crippen LogP contribution in [0.3, 0.4) is 0 Å². The number of nitrogens with zero attached hydrogens (tertiary/aromatic N) is 1. The molecule has 162 valence electrons. The van der Waals surface area contributed by atoms with Gasteiger partial charge in [0.1, 0.15) is 5.75 Å². The van der Waals surface area contributed by atoms with Crippen LogP contribution < -0.4 is 9.64 Å². The van der Waals surface area contributed by atoms with Crippen LogP contribution in [-0.4, -0.2) is 23.7 Å². The first kappa shape index (κ1) is 19.5. The van der Waals surface area contributed by atoms with Crippen molar-refractivity contribution in [2.45, 2.75) is 26.4 Å². The second-order valence-electron chi connectivity index (χ2n) is 9.62. The molecule has 2 amide bonds. The average Bonchev–Trinajstić information content (AvgIpc) is 3.58. The second-order valence-corrected chi connectivity index (χ2v) is 9.62. The van der Waals surface area contributed by atoms with E-state index in [0.29, 0.717) is 28.8 Å². The van der Waals surface area contributed by atoms with E-state index >= 15 is 0 Å². The number of hydrogen-bond acceptors (Lipinski definition) is 4. The van der Waals surface area contributed by atoms with Gasteiger partial charge in [-0.3, -0.25) is 14.4 Å². The molecular formula is C27H25NO4. The van der Waals surface area contributed by atoms with Gasteiger partial charge in [0.15, 0.2) is 6.10 Å². The van der Waals surface area contributed by atoms with Crippen LogP contribution in [0.4, 0.5) is 5.69 Å². The Kier molecular flexibility index (Phi) is 4.19. The standard InChI is InChI=1S/C27H25NO4/c1-14-7-9-16(10-8-14)25(29)15(2)32-22-6-4-3-5-21(22)28-26(30)23-17-11-12-18(20-13-19(17)20)24(23)27(28)31/h3-12,15,17-20,23-24H,13H2,1-2H3/t15-,17-,18-,19-,20-,23+,24+/m0/s1. The lowest BCUT2D eigenvalue weighted by Gasteiger charge is -2.37. The number of rotatable bonds is 5. The Labute approximate surface area is 187 Å². The van der Waals surface area contributed by atoms with E-state index in [4.69, 9.17) is 4.74 Å². The Morgan fingerprint density at radius 2 is 1.53 bits per heavy atom. The minimum absolute atomic E-state index is 0.127. The predicted octanol–water partition coefficient (Wildman–Crippen LogP) is 4.20. The maximum atomic E-state index is 13.5. The van der Waals surface area contributed by atoms with Gasteiger partial charge in [0.25, 0.3) is 0 Å². The lowest BCUT2D eigenvalue weighted by atomic mass is 9.63. The highest BCUT2D eigenvalue weighted by atomic mass is 16.5. The smallest absolute Gasteiger partial charge is 0.238 e. The molecule has 0 unspecified atom stereocenters. The fourth-order valence-corrected chi connectivity index (χ4v) is 6.13. The molecule has 1 aliphatic heterocycles. The number of amides is 2. The molecule has 4 aliphatic carbocycles. The maximum Gasteiger partial charge on any atom is 0.238 e. The molecule has 0 N–H and O–H groups in total. The molecule has 0 spiro atoms. The number of ether oxygens (including phenoxy) is 1. The highest BCUT2D eigenvalue weighted by molar-refractivity contribution is 6.23. The summed E-state index contributed by atoms with van der Waals surface area (Å²) in [5.74, 6) is 0.917. The molecule has 32 heavy (non-hydrogen) atoms. The average molecular weight is 428 g/mol. The molecule has 0 aromatic heterocycles. The number of benzene rings is 2. The molecular weight excluding hydrogens is 402 g/mol. The summed E-state index contributed by atoms with van der Waals surface area (Å²) in [4.78, 5) is 41.2. The fraction of sp³-hybridized carbons (Fsp3) is 0.370. The van der Waals surface area contributed by atoms with Crippen molar-refractivity contribution in [2.75, 3.05) is 4.90 Å². The highest BCUT2D eigenvalue weighted by Crippen LogP contribution is 2.65. The molecule has 7 atom stereocenters. The van der Waals surface area contributed by atoms with Crippen molar-refractivity contribution in [1.29, 1.82) is 0 Å². The van der Waals surface area contributed by atoms with E-state index in [9.17, 15) is 14.4 Å². The molecule has 5 nitrogen and oxygen atoms in total. The summed E-state index contributed by atoms with van der Waals surface area (Å²) in [6.07, 6.45) is 4.71. The van der Waals surface area contributed by atoms with E-state index < -0.39 is 6.10 Å². The summed E-state index contributed by atoms with van der Waals surface area (Å²) in [6.45, 7) is 3.67. The molecule has 1 saturated heterocycles. The number of Topliss-reactive ketones (excluding diaryl/α,β-unsaturated/α-hetero) is 1. The van der Waals surface area contributed by atoms with Gasteiger partial charge in [-0.15, -0.1) is 0 Å². The zero-order chi connectivity index (χ0) is 22.1. The summed E-state index contributed by atoms with van der Waals surface area (Å²) >= 11 is 0. The molecule has 2 aromatic carbocycles. The quantitative estimate of drug-likeness (QED) is 0.408. The number of carbonyl (C=O) groups is 3. The molecule has 0 radical (unpaired) electrons. The molecule has 2 aromatic rings. The van der Waals surface area contributed by atoms with E-state index in [2.05, 4.69) is 12.2 Å². The normalized spacial score (nSPS) is 32.5. The van der Waals surface area contributed by atoms with Gasteiger partial charge in [0.05, 0.1) is 17.5 Å². The number of ketones is 1. The number of allylic oxidation sites excluding steroid dienone is 2. The minimum atomic E-state index is -0.751. The minimum Gasteiger partial charge on any atom is -0.480 e. The summed E-state index contributed by atoms with van der Waals surface area (Å²) in [7, 11) is 0. The Morgan fingerprint density at radius 1 is 0.938 bits per heavy atom. The molecule has 3 fully saturated rings. The number of para-hydroxylation sites is 2. The Balaban J connectivity index is 1.29. The maximum absolute atomic E-state index is 13.5. The van der Waals surface area contributed by atoms with E-state index in [1.807, 2.05) is 19.1 Å². The first-order chi connectivity index (χ1) is 15.5. The van der Waals surface area contributed by atoms with Crippen LogP contribution in [0.15, 0.2) is 60.7 Å². The van der Waals surface area contributed by atoms with E-state index in [1.165, 1.54) is 4.90 Å². The van der Waals surface area contributed by atoms with Crippen molar-refractivity contribution < 1.29 is 19.1 Å². The largest absolute Gasteiger partial charge is 0.480 e. The van der Waals surface area contributed by atoms with Crippen LogP contribution in [0.2, 0.25) is 0 Å². The van der Waals surface area contributed by atoms with E-state index in [1.54, 1.807) is 43.3 Å². The summed E-state index contributed by atoms with van der Waals surface area (Å²) in [5, 5.41) is 0. The monoisotopic (exact) mass is 427 g/mol. The second kappa shape index (κ2) is 6.89. The number of aryl methyl sites for hydroxylation is 1. The summed E-state index contributed by atoms with van der Waals surface area (Å²) in [6, 6.07) is 14.4. The SMILES string of the molecule is Cc1ccc(C(=O)[C@H](C)Oc2ccccc2N2C(=O)[C@@H]3[C@H]4C=C[C@@H]([C@@H]5C[C@@H]45)[C@H]3C2=O)cc1. The van der Waals surface area contributed by atoms with Crippen LogP contribution in [-0.2, 0) is 9.59 Å². The summed E-state index contributed by atoms with van der Waals surface area (Å²) in [5.41, 5.74) is 2.09. The molecule has 1 heterocycles. The number of hydrogen-bond donors (Lipinski definition) is 0. The van der Waals surface area contributed by atoms with Crippen molar-refractivity contribution in [3.8, 4) is 5.75 Å². The fourth-order valence-electron chi connectivity index (χ4n) is 6.13. The van der Waals surface area contributed by atoms with Crippen LogP contribution in [0.5, 0.6) is 5.75 Å². The Morgan fingerprint density at radius 3 is 2.16 bits per heavy atom. The lowest BCUT2D eigenvalue weighted by Crippen LogP contribution is -2.40. The van der Waals surface area contributed by atoms with Gasteiger partial charge >= 0.3 is 0 Å². The number of carbonyl (C=O) groups excluding carboxylic acids is 3. The van der Waals surface area contributed by atoms with Crippen LogP contribution in [0.25, 0.3) is 0 Å². The van der Waals surface area contributed by atoms with Crippen LogP contribution in [0.1, 0.15) is 29.3 Å². The van der Waals surface area contributed by atoms with Crippen LogP contribution in [0, 0.1) is 42.4 Å². The summed E-state index contributed by atoms with van der Waals surface area (Å²) < 4.78 is 6.04. The third kappa shape index (κ3) is 2.73. The zero-order valence-corrected chi connectivity index (χ0v) is 18.1. The van der Waals surface area contributed by atoms with Gasteiger partial charge in [-0.25, -0.2) is 4.90 Å². The Hall–Kier alpha value is -3.21. The zero-order valence-electron chi connectivity index (χ0n) is 18.1. The lowest BCUT2D eigenvalue weighted by molar-refractivity contribution is -0.124.